The van der Waals surface area contributed by atoms with Crippen LogP contribution in [0.1, 0.15) is 25.1 Å². The highest BCUT2D eigenvalue weighted by Crippen LogP contribution is 2.34. The first-order valence-corrected chi connectivity index (χ1v) is 7.43. The van der Waals surface area contributed by atoms with Gasteiger partial charge in [0, 0.05) is 9.35 Å². The van der Waals surface area contributed by atoms with Gasteiger partial charge in [-0.25, -0.2) is 0 Å². The maximum absolute atomic E-state index is 3.53. The molecular weight excluding hydrogens is 338 g/mol. The Morgan fingerprint density at radius 1 is 1.40 bits per heavy atom. The zero-order valence-corrected chi connectivity index (χ0v) is 13.4. The normalized spacial score (nSPS) is 12.1. The molecule has 0 spiro atoms. The first kappa shape index (κ1) is 13.7. The Bertz CT molecular complexity index is 301. The van der Waals surface area contributed by atoms with Gasteiger partial charge >= 0.3 is 0 Å². The van der Waals surface area contributed by atoms with Crippen molar-refractivity contribution in [3.05, 3.63) is 19.2 Å². The number of hydrogen-bond donors (Lipinski definition) is 1. The van der Waals surface area contributed by atoms with E-state index in [0.29, 0.717) is 5.41 Å². The monoisotopic (exact) mass is 353 g/mol. The lowest BCUT2D eigenvalue weighted by molar-refractivity contribution is 0.325. The lowest BCUT2D eigenvalue weighted by Gasteiger charge is -2.23. The van der Waals surface area contributed by atoms with Crippen LogP contribution in [0, 0.1) is 5.41 Å². The summed E-state index contributed by atoms with van der Waals surface area (Å²) in [4.78, 5) is 1.44. The molecule has 15 heavy (non-hydrogen) atoms. The molecule has 0 aliphatic carbocycles. The molecule has 0 aromatic carbocycles. The van der Waals surface area contributed by atoms with Crippen molar-refractivity contribution in [3.8, 4) is 0 Å². The molecule has 4 heteroatoms. The van der Waals surface area contributed by atoms with Crippen LogP contribution in [0.4, 0.5) is 0 Å². The minimum atomic E-state index is 0.373. The molecule has 0 aliphatic rings. The van der Waals surface area contributed by atoms with Crippen molar-refractivity contribution in [1.82, 2.24) is 5.32 Å². The number of rotatable bonds is 5. The summed E-state index contributed by atoms with van der Waals surface area (Å²) in [6.07, 6.45) is 2.37. The predicted molar refractivity (Wildman–Crippen MR) is 75.7 cm³/mol. The van der Waals surface area contributed by atoms with E-state index in [1.54, 1.807) is 0 Å². The molecule has 86 valence electrons. The number of thiophene rings is 1. The molecule has 0 atom stereocenters. The van der Waals surface area contributed by atoms with E-state index in [1.807, 2.05) is 18.4 Å². The minimum Gasteiger partial charge on any atom is -0.319 e. The fraction of sp³-hybridized carbons (Fsp3) is 0.636. The van der Waals surface area contributed by atoms with Gasteiger partial charge < -0.3 is 5.32 Å². The molecule has 1 N–H and O–H groups in total. The van der Waals surface area contributed by atoms with Gasteiger partial charge in [0.05, 0.1) is 3.79 Å². The molecule has 0 saturated carbocycles. The second kappa shape index (κ2) is 5.80. The fourth-order valence-corrected chi connectivity index (χ4v) is 3.72. The summed E-state index contributed by atoms with van der Waals surface area (Å²) < 4.78 is 2.37. The van der Waals surface area contributed by atoms with E-state index in [2.05, 4.69) is 57.1 Å². The summed E-state index contributed by atoms with van der Waals surface area (Å²) in [6.45, 7) is 5.68. The molecule has 1 aromatic rings. The average molecular weight is 355 g/mol. The van der Waals surface area contributed by atoms with E-state index in [0.717, 1.165) is 13.0 Å². The van der Waals surface area contributed by atoms with Crippen molar-refractivity contribution in [2.75, 3.05) is 13.6 Å². The molecular formula is C11H17Br2NS. The van der Waals surface area contributed by atoms with Crippen molar-refractivity contribution in [3.63, 3.8) is 0 Å². The molecule has 1 aromatic heterocycles. The van der Waals surface area contributed by atoms with Gasteiger partial charge in [-0.05, 0) is 69.8 Å². The van der Waals surface area contributed by atoms with Crippen LogP contribution in [0.3, 0.4) is 0 Å². The highest BCUT2D eigenvalue weighted by atomic mass is 79.9. The zero-order chi connectivity index (χ0) is 11.5. The van der Waals surface area contributed by atoms with E-state index in [9.17, 15) is 0 Å². The van der Waals surface area contributed by atoms with E-state index < -0.39 is 0 Å². The molecule has 0 unspecified atom stereocenters. The molecule has 0 aliphatic heterocycles. The van der Waals surface area contributed by atoms with Crippen molar-refractivity contribution in [2.24, 2.45) is 5.41 Å². The highest BCUT2D eigenvalue weighted by molar-refractivity contribution is 9.13. The van der Waals surface area contributed by atoms with Gasteiger partial charge in [0.25, 0.3) is 0 Å². The van der Waals surface area contributed by atoms with Crippen LogP contribution in [-0.4, -0.2) is 13.6 Å². The predicted octanol–water partition coefficient (Wildman–Crippen LogP) is 4.45. The molecule has 0 bridgehead atoms. The number of hydrogen-bond acceptors (Lipinski definition) is 2. The van der Waals surface area contributed by atoms with Gasteiger partial charge in [-0.1, -0.05) is 13.8 Å². The van der Waals surface area contributed by atoms with E-state index >= 15 is 0 Å². The SMILES string of the molecule is CNCC(C)(C)CCc1cc(Br)c(Br)s1. The average Bonchev–Trinajstić information content (AvgIpc) is 2.44. The van der Waals surface area contributed by atoms with Gasteiger partial charge in [-0.3, -0.25) is 0 Å². The first-order valence-electron chi connectivity index (χ1n) is 5.03. The summed E-state index contributed by atoms with van der Waals surface area (Å²) in [5.74, 6) is 0. The van der Waals surface area contributed by atoms with E-state index in [1.165, 1.54) is 19.6 Å². The Morgan fingerprint density at radius 2 is 2.07 bits per heavy atom. The van der Waals surface area contributed by atoms with Crippen molar-refractivity contribution in [2.45, 2.75) is 26.7 Å². The maximum Gasteiger partial charge on any atom is 0.0843 e. The quantitative estimate of drug-likeness (QED) is 0.823. The standard InChI is InChI=1S/C11H17Br2NS/c1-11(2,7-14-3)5-4-8-6-9(12)10(13)15-8/h6,14H,4-5,7H2,1-3H3. The minimum absolute atomic E-state index is 0.373. The van der Waals surface area contributed by atoms with Crippen LogP contribution in [0.15, 0.2) is 14.3 Å². The fourth-order valence-electron chi connectivity index (χ4n) is 1.54. The Hall–Kier alpha value is 0.620. The van der Waals surface area contributed by atoms with Gasteiger partial charge in [0.15, 0.2) is 0 Å². The van der Waals surface area contributed by atoms with Gasteiger partial charge in [-0.15, -0.1) is 11.3 Å². The molecule has 1 heterocycles. The van der Waals surface area contributed by atoms with E-state index in [4.69, 9.17) is 0 Å². The Labute approximate surface area is 113 Å². The summed E-state index contributed by atoms with van der Waals surface area (Å²) in [5, 5.41) is 3.25. The van der Waals surface area contributed by atoms with Crippen LogP contribution in [0.2, 0.25) is 0 Å². The number of aryl methyl sites for hydroxylation is 1. The van der Waals surface area contributed by atoms with Crippen LogP contribution in [0.25, 0.3) is 0 Å². The molecule has 0 radical (unpaired) electrons. The van der Waals surface area contributed by atoms with Gasteiger partial charge in [0.2, 0.25) is 0 Å². The Kier molecular flexibility index (Phi) is 5.29. The van der Waals surface area contributed by atoms with Crippen LogP contribution in [0.5, 0.6) is 0 Å². The summed E-state index contributed by atoms with van der Waals surface area (Å²) in [7, 11) is 2.01. The van der Waals surface area contributed by atoms with E-state index in [-0.39, 0.29) is 0 Å². The molecule has 0 fully saturated rings. The maximum atomic E-state index is 3.53. The Morgan fingerprint density at radius 3 is 2.53 bits per heavy atom. The number of nitrogens with one attached hydrogen (secondary N) is 1. The lowest BCUT2D eigenvalue weighted by atomic mass is 9.87. The second-order valence-electron chi connectivity index (χ2n) is 4.53. The van der Waals surface area contributed by atoms with Crippen LogP contribution < -0.4 is 5.32 Å². The summed E-state index contributed by atoms with van der Waals surface area (Å²) in [6, 6.07) is 2.21. The third-order valence-electron chi connectivity index (χ3n) is 2.40. The van der Waals surface area contributed by atoms with Crippen molar-refractivity contribution >= 4 is 43.2 Å². The van der Waals surface area contributed by atoms with Gasteiger partial charge in [-0.2, -0.15) is 0 Å². The van der Waals surface area contributed by atoms with Crippen LogP contribution in [-0.2, 0) is 6.42 Å². The Balaban J connectivity index is 2.49. The summed E-state index contributed by atoms with van der Waals surface area (Å²) in [5.41, 5.74) is 0.373. The highest BCUT2D eigenvalue weighted by Gasteiger charge is 2.17. The number of halogens is 2. The first-order chi connectivity index (χ1) is 6.94. The third kappa shape index (κ3) is 4.55. The molecule has 0 saturated heterocycles. The largest absolute Gasteiger partial charge is 0.319 e. The topological polar surface area (TPSA) is 12.0 Å². The smallest absolute Gasteiger partial charge is 0.0843 e. The van der Waals surface area contributed by atoms with Gasteiger partial charge in [0.1, 0.15) is 0 Å². The second-order valence-corrected chi connectivity index (χ2v) is 7.84. The van der Waals surface area contributed by atoms with Crippen molar-refractivity contribution in [1.29, 1.82) is 0 Å². The van der Waals surface area contributed by atoms with Crippen LogP contribution >= 0.6 is 43.2 Å². The summed E-state index contributed by atoms with van der Waals surface area (Å²) >= 11 is 8.87. The van der Waals surface area contributed by atoms with Crippen molar-refractivity contribution < 1.29 is 0 Å². The third-order valence-corrected chi connectivity index (χ3v) is 5.72. The molecule has 0 amide bonds. The molecule has 1 rings (SSSR count). The molecule has 1 nitrogen and oxygen atoms in total. The zero-order valence-electron chi connectivity index (χ0n) is 9.36. The lowest BCUT2D eigenvalue weighted by Crippen LogP contribution is -2.27.